The summed E-state index contributed by atoms with van der Waals surface area (Å²) in [5.74, 6) is 0. The molecule has 3 heteroatoms. The highest BCUT2D eigenvalue weighted by Gasteiger charge is 2.13. The number of benzene rings is 1. The number of hydrogen-bond acceptors (Lipinski definition) is 2. The molecule has 0 saturated carbocycles. The molecule has 17 heavy (non-hydrogen) atoms. The Hall–Kier alpha value is -0.640. The lowest BCUT2D eigenvalue weighted by Crippen LogP contribution is -2.13. The molecule has 1 atom stereocenters. The number of hydrogen-bond donors (Lipinski definition) is 1. The van der Waals surface area contributed by atoms with Gasteiger partial charge in [0.25, 0.3) is 0 Å². The van der Waals surface area contributed by atoms with Crippen LogP contribution < -0.4 is 5.73 Å². The van der Waals surface area contributed by atoms with Crippen LogP contribution in [0.5, 0.6) is 0 Å². The van der Waals surface area contributed by atoms with Crippen molar-refractivity contribution in [2.45, 2.75) is 25.8 Å². The second-order valence-electron chi connectivity index (χ2n) is 4.07. The van der Waals surface area contributed by atoms with E-state index in [4.69, 9.17) is 5.73 Å². The lowest BCUT2D eigenvalue weighted by molar-refractivity contribution is 0.726. The van der Waals surface area contributed by atoms with Crippen molar-refractivity contribution >= 4 is 27.3 Å². The molecule has 1 aromatic carbocycles. The van der Waals surface area contributed by atoms with Crippen LogP contribution in [0.1, 0.15) is 29.0 Å². The van der Waals surface area contributed by atoms with Crippen molar-refractivity contribution in [3.63, 3.8) is 0 Å². The molecule has 2 rings (SSSR count). The van der Waals surface area contributed by atoms with E-state index in [-0.39, 0.29) is 6.04 Å². The summed E-state index contributed by atoms with van der Waals surface area (Å²) in [4.78, 5) is 1.32. The van der Waals surface area contributed by atoms with Crippen molar-refractivity contribution in [1.29, 1.82) is 0 Å². The molecule has 90 valence electrons. The molecule has 0 aliphatic rings. The predicted octanol–water partition coefficient (Wildman–Crippen LogP) is 4.32. The van der Waals surface area contributed by atoms with Gasteiger partial charge in [0.1, 0.15) is 0 Å². The molecule has 0 radical (unpaired) electrons. The maximum Gasteiger partial charge on any atom is 0.0433 e. The van der Waals surface area contributed by atoms with E-state index >= 15 is 0 Å². The van der Waals surface area contributed by atoms with Crippen molar-refractivity contribution in [3.05, 3.63) is 56.2 Å². The number of nitrogens with two attached hydrogens (primary N) is 1. The van der Waals surface area contributed by atoms with Crippen molar-refractivity contribution in [2.24, 2.45) is 5.73 Å². The van der Waals surface area contributed by atoms with Crippen molar-refractivity contribution in [2.75, 3.05) is 0 Å². The first kappa shape index (κ1) is 12.8. The molecule has 1 unspecified atom stereocenters. The van der Waals surface area contributed by atoms with Gasteiger partial charge in [0.15, 0.2) is 0 Å². The average Bonchev–Trinajstić information content (AvgIpc) is 2.80. The maximum absolute atomic E-state index is 6.31. The monoisotopic (exact) mass is 309 g/mol. The molecule has 0 amide bonds. The fourth-order valence-corrected chi connectivity index (χ4v) is 3.41. The molecule has 0 aliphatic heterocycles. The Bertz CT molecular complexity index is 492. The minimum Gasteiger partial charge on any atom is -0.323 e. The second kappa shape index (κ2) is 5.80. The van der Waals surface area contributed by atoms with Crippen molar-refractivity contribution < 1.29 is 0 Å². The summed E-state index contributed by atoms with van der Waals surface area (Å²) >= 11 is 5.34. The molecule has 0 saturated heterocycles. The molecule has 0 aliphatic carbocycles. The Labute approximate surface area is 115 Å². The van der Waals surface area contributed by atoms with Crippen LogP contribution in [0.15, 0.2) is 40.2 Å². The first-order valence-corrected chi connectivity index (χ1v) is 7.45. The van der Waals surface area contributed by atoms with Gasteiger partial charge in [0, 0.05) is 15.4 Å². The van der Waals surface area contributed by atoms with E-state index in [1.165, 1.54) is 16.0 Å². The highest BCUT2D eigenvalue weighted by molar-refractivity contribution is 9.10. The molecule has 0 bridgehead atoms. The molecular weight excluding hydrogens is 294 g/mol. The van der Waals surface area contributed by atoms with Gasteiger partial charge in [0.05, 0.1) is 0 Å². The first-order chi connectivity index (χ1) is 8.22. The van der Waals surface area contributed by atoms with Gasteiger partial charge in [0.2, 0.25) is 0 Å². The minimum atomic E-state index is 0.101. The Morgan fingerprint density at radius 3 is 2.71 bits per heavy atom. The average molecular weight is 310 g/mol. The van der Waals surface area contributed by atoms with Crippen LogP contribution in [0.4, 0.5) is 0 Å². The third kappa shape index (κ3) is 2.97. The SMILES string of the molecule is CCc1ccsc1C(N)Cc1ccccc1Br. The normalized spacial score (nSPS) is 12.6. The van der Waals surface area contributed by atoms with E-state index in [0.717, 1.165) is 17.3 Å². The number of thiophene rings is 1. The zero-order valence-corrected chi connectivity index (χ0v) is 12.2. The number of aryl methyl sites for hydroxylation is 1. The number of rotatable bonds is 4. The van der Waals surface area contributed by atoms with Gasteiger partial charge in [-0.3, -0.25) is 0 Å². The Morgan fingerprint density at radius 2 is 2.00 bits per heavy atom. The van der Waals surface area contributed by atoms with Crippen LogP contribution in [-0.4, -0.2) is 0 Å². The molecule has 2 N–H and O–H groups in total. The summed E-state index contributed by atoms with van der Waals surface area (Å²) in [7, 11) is 0. The van der Waals surface area contributed by atoms with E-state index in [2.05, 4.69) is 52.5 Å². The molecule has 0 fully saturated rings. The fraction of sp³-hybridized carbons (Fsp3) is 0.286. The summed E-state index contributed by atoms with van der Waals surface area (Å²) in [5.41, 5.74) is 8.96. The summed E-state index contributed by atoms with van der Waals surface area (Å²) in [6.07, 6.45) is 1.94. The van der Waals surface area contributed by atoms with E-state index < -0.39 is 0 Å². The molecule has 1 nitrogen and oxygen atoms in total. The van der Waals surface area contributed by atoms with Crippen LogP contribution in [0.25, 0.3) is 0 Å². The van der Waals surface area contributed by atoms with Crippen LogP contribution in [0.2, 0.25) is 0 Å². The van der Waals surface area contributed by atoms with Gasteiger partial charge in [-0.25, -0.2) is 0 Å². The lowest BCUT2D eigenvalue weighted by Gasteiger charge is -2.13. The first-order valence-electron chi connectivity index (χ1n) is 5.77. The van der Waals surface area contributed by atoms with Gasteiger partial charge < -0.3 is 5.73 Å². The zero-order valence-electron chi connectivity index (χ0n) is 9.82. The fourth-order valence-electron chi connectivity index (χ4n) is 1.96. The predicted molar refractivity (Wildman–Crippen MR) is 78.5 cm³/mol. The second-order valence-corrected chi connectivity index (χ2v) is 5.87. The Morgan fingerprint density at radius 1 is 1.24 bits per heavy atom. The molecule has 1 heterocycles. The van der Waals surface area contributed by atoms with E-state index in [0.29, 0.717) is 0 Å². The van der Waals surface area contributed by atoms with Crippen LogP contribution >= 0.6 is 27.3 Å². The molecule has 0 spiro atoms. The summed E-state index contributed by atoms with van der Waals surface area (Å²) in [6.45, 7) is 2.18. The molecule has 1 aromatic heterocycles. The quantitative estimate of drug-likeness (QED) is 0.894. The molecule has 2 aromatic rings. The van der Waals surface area contributed by atoms with E-state index in [9.17, 15) is 0 Å². The Kier molecular flexibility index (Phi) is 4.37. The topological polar surface area (TPSA) is 26.0 Å². The standard InChI is InChI=1S/C14H16BrNS/c1-2-10-7-8-17-14(10)13(16)9-11-5-3-4-6-12(11)15/h3-8,13H,2,9,16H2,1H3. The van der Waals surface area contributed by atoms with Crippen LogP contribution in [0, 0.1) is 0 Å². The zero-order chi connectivity index (χ0) is 12.3. The lowest BCUT2D eigenvalue weighted by atomic mass is 10.0. The third-order valence-corrected chi connectivity index (χ3v) is 4.76. The summed E-state index contributed by atoms with van der Waals surface area (Å²) < 4.78 is 1.14. The summed E-state index contributed by atoms with van der Waals surface area (Å²) in [5, 5.41) is 2.13. The highest BCUT2D eigenvalue weighted by atomic mass is 79.9. The highest BCUT2D eigenvalue weighted by Crippen LogP contribution is 2.28. The van der Waals surface area contributed by atoms with Crippen molar-refractivity contribution in [3.8, 4) is 0 Å². The smallest absolute Gasteiger partial charge is 0.0433 e. The van der Waals surface area contributed by atoms with Gasteiger partial charge in [-0.2, -0.15) is 0 Å². The van der Waals surface area contributed by atoms with Gasteiger partial charge in [-0.1, -0.05) is 41.1 Å². The summed E-state index contributed by atoms with van der Waals surface area (Å²) in [6, 6.07) is 10.6. The van der Waals surface area contributed by atoms with E-state index in [1.807, 2.05) is 6.07 Å². The number of halogens is 1. The van der Waals surface area contributed by atoms with Crippen molar-refractivity contribution in [1.82, 2.24) is 0 Å². The Balaban J connectivity index is 2.17. The maximum atomic E-state index is 6.31. The van der Waals surface area contributed by atoms with Gasteiger partial charge >= 0.3 is 0 Å². The van der Waals surface area contributed by atoms with Crippen LogP contribution in [-0.2, 0) is 12.8 Å². The van der Waals surface area contributed by atoms with Gasteiger partial charge in [-0.05, 0) is 41.5 Å². The van der Waals surface area contributed by atoms with E-state index in [1.54, 1.807) is 11.3 Å². The molecular formula is C14H16BrNS. The van der Waals surface area contributed by atoms with Gasteiger partial charge in [-0.15, -0.1) is 11.3 Å². The van der Waals surface area contributed by atoms with Crippen LogP contribution in [0.3, 0.4) is 0 Å². The third-order valence-electron chi connectivity index (χ3n) is 2.90. The largest absolute Gasteiger partial charge is 0.323 e. The minimum absolute atomic E-state index is 0.101.